The van der Waals surface area contributed by atoms with Gasteiger partial charge >= 0.3 is 0 Å². The largest absolute Gasteiger partial charge is 0.377 e. The van der Waals surface area contributed by atoms with Crippen LogP contribution in [0, 0.1) is 11.8 Å². The number of anilines is 1. The first kappa shape index (κ1) is 20.2. The van der Waals surface area contributed by atoms with Gasteiger partial charge in [0.1, 0.15) is 11.6 Å². The molecule has 0 aliphatic carbocycles. The van der Waals surface area contributed by atoms with Crippen LogP contribution in [0.25, 0.3) is 0 Å². The van der Waals surface area contributed by atoms with Crippen molar-refractivity contribution < 1.29 is 9.53 Å². The van der Waals surface area contributed by atoms with Crippen molar-refractivity contribution >= 4 is 22.4 Å². The maximum atomic E-state index is 12.6. The van der Waals surface area contributed by atoms with Gasteiger partial charge < -0.3 is 4.74 Å². The summed E-state index contributed by atoms with van der Waals surface area (Å²) in [6.45, 7) is 6.57. The Labute approximate surface area is 171 Å². The third-order valence-corrected chi connectivity index (χ3v) is 7.44. The smallest absolute Gasteiger partial charge is 0.240 e. The molecule has 0 unspecified atom stereocenters. The van der Waals surface area contributed by atoms with E-state index >= 15 is 0 Å². The first-order valence-corrected chi connectivity index (χ1v) is 11.6. The number of rotatable bonds is 7. The topological polar surface area (TPSA) is 70.6 Å². The summed E-state index contributed by atoms with van der Waals surface area (Å²) in [6, 6.07) is 1.43. The lowest BCUT2D eigenvalue weighted by Gasteiger charge is -2.57. The maximum absolute atomic E-state index is 12.6. The lowest BCUT2D eigenvalue weighted by Crippen LogP contribution is -2.63. The molecule has 8 heteroatoms. The maximum Gasteiger partial charge on any atom is 0.240 e. The quantitative estimate of drug-likeness (QED) is 0.749. The number of hydrogen-bond acceptors (Lipinski definition) is 7. The number of methoxy groups -OCH3 is 1. The van der Waals surface area contributed by atoms with Gasteiger partial charge in [0, 0.05) is 32.3 Å². The van der Waals surface area contributed by atoms with Gasteiger partial charge in [0.25, 0.3) is 0 Å². The van der Waals surface area contributed by atoms with Gasteiger partial charge in [0.15, 0.2) is 0 Å². The van der Waals surface area contributed by atoms with Gasteiger partial charge in [-0.2, -0.15) is 0 Å². The Balaban J connectivity index is 1.37. The number of ether oxygens (including phenoxy) is 1. The summed E-state index contributed by atoms with van der Waals surface area (Å²) in [5, 5.41) is 12.4. The van der Waals surface area contributed by atoms with Crippen LogP contribution in [0.2, 0.25) is 0 Å². The Morgan fingerprint density at radius 2 is 2.14 bits per heavy atom. The SMILES string of the molecule is CCC[C@H]1[C@H]2C[C@H](CN(CC(=O)Nc3nnc(COC)s3)C2)[C@@H]2CCCCN21. The van der Waals surface area contributed by atoms with Crippen LogP contribution in [0.1, 0.15) is 50.5 Å². The molecular formula is C20H33N5O2S. The molecule has 0 radical (unpaired) electrons. The molecule has 3 fully saturated rings. The molecule has 3 saturated heterocycles. The summed E-state index contributed by atoms with van der Waals surface area (Å²) < 4.78 is 5.07. The van der Waals surface area contributed by atoms with E-state index in [2.05, 4.69) is 32.2 Å². The summed E-state index contributed by atoms with van der Waals surface area (Å²) >= 11 is 1.38. The number of piperidine rings is 3. The van der Waals surface area contributed by atoms with E-state index in [0.717, 1.165) is 30.1 Å². The van der Waals surface area contributed by atoms with Gasteiger partial charge in [-0.15, -0.1) is 10.2 Å². The van der Waals surface area contributed by atoms with Gasteiger partial charge in [0.05, 0.1) is 6.54 Å². The van der Waals surface area contributed by atoms with Crippen LogP contribution in [0.4, 0.5) is 5.13 Å². The fraction of sp³-hybridized carbons (Fsp3) is 0.850. The van der Waals surface area contributed by atoms with Gasteiger partial charge in [-0.05, 0) is 44.1 Å². The Bertz CT molecular complexity index is 669. The average Bonchev–Trinajstić information content (AvgIpc) is 3.12. The molecule has 7 nitrogen and oxygen atoms in total. The van der Waals surface area contributed by atoms with Crippen LogP contribution in [0.5, 0.6) is 0 Å². The molecule has 0 spiro atoms. The zero-order valence-corrected chi connectivity index (χ0v) is 17.9. The molecular weight excluding hydrogens is 374 g/mol. The normalized spacial score (nSPS) is 30.8. The lowest BCUT2D eigenvalue weighted by molar-refractivity contribution is -0.120. The third kappa shape index (κ3) is 4.40. The zero-order chi connectivity index (χ0) is 19.5. The zero-order valence-electron chi connectivity index (χ0n) is 17.1. The molecule has 156 valence electrons. The molecule has 1 N–H and O–H groups in total. The van der Waals surface area contributed by atoms with Crippen molar-refractivity contribution in [2.75, 3.05) is 38.6 Å². The van der Waals surface area contributed by atoms with Crippen LogP contribution in [0.3, 0.4) is 0 Å². The van der Waals surface area contributed by atoms with Gasteiger partial charge in [0.2, 0.25) is 11.0 Å². The molecule has 1 amide bonds. The third-order valence-electron chi connectivity index (χ3n) is 6.63. The predicted octanol–water partition coefficient (Wildman–Crippen LogP) is 2.60. The average molecular weight is 408 g/mol. The van der Waals surface area contributed by atoms with Crippen molar-refractivity contribution in [2.24, 2.45) is 11.8 Å². The number of carbonyl (C=O) groups is 1. The van der Waals surface area contributed by atoms with E-state index in [1.807, 2.05) is 0 Å². The molecule has 1 aromatic heterocycles. The summed E-state index contributed by atoms with van der Waals surface area (Å²) in [5.41, 5.74) is 0. The molecule has 4 heterocycles. The monoisotopic (exact) mass is 407 g/mol. The Morgan fingerprint density at radius 3 is 2.96 bits per heavy atom. The van der Waals surface area contributed by atoms with Crippen LogP contribution < -0.4 is 5.32 Å². The van der Waals surface area contributed by atoms with Gasteiger partial charge in [-0.1, -0.05) is 31.1 Å². The number of fused-ring (bicyclic) bond motifs is 4. The predicted molar refractivity (Wildman–Crippen MR) is 110 cm³/mol. The minimum atomic E-state index is 0.0210. The Hall–Kier alpha value is -1.09. The van der Waals surface area contributed by atoms with Crippen LogP contribution in [0.15, 0.2) is 0 Å². The Kier molecular flexibility index (Phi) is 6.60. The highest BCUT2D eigenvalue weighted by molar-refractivity contribution is 7.15. The minimum Gasteiger partial charge on any atom is -0.377 e. The van der Waals surface area contributed by atoms with Crippen molar-refractivity contribution in [1.29, 1.82) is 0 Å². The van der Waals surface area contributed by atoms with E-state index in [1.54, 1.807) is 7.11 Å². The molecule has 4 rings (SSSR count). The van der Waals surface area contributed by atoms with Crippen LogP contribution in [-0.4, -0.2) is 71.3 Å². The molecule has 28 heavy (non-hydrogen) atoms. The number of aromatic nitrogens is 2. The van der Waals surface area contributed by atoms with E-state index in [4.69, 9.17) is 4.74 Å². The summed E-state index contributed by atoms with van der Waals surface area (Å²) in [6.07, 6.45) is 7.94. The standard InChI is InChI=1S/C20H33N5O2S/c1-3-6-16-14-9-15(17-7-4-5-8-25(16)17)11-24(10-14)12-18(26)21-20-23-22-19(28-20)13-27-2/h14-17H,3-13H2,1-2H3,(H,21,23,26)/t14-,15+,16-,17-/m0/s1. The van der Waals surface area contributed by atoms with E-state index in [0.29, 0.717) is 30.2 Å². The summed E-state index contributed by atoms with van der Waals surface area (Å²) in [7, 11) is 1.63. The number of nitrogens with one attached hydrogen (secondary N) is 1. The van der Waals surface area contributed by atoms with Crippen molar-refractivity contribution in [2.45, 2.75) is 64.1 Å². The second kappa shape index (κ2) is 9.15. The molecule has 2 bridgehead atoms. The first-order chi connectivity index (χ1) is 13.7. The number of amides is 1. The number of carbonyl (C=O) groups excluding carboxylic acids is 1. The lowest BCUT2D eigenvalue weighted by atomic mass is 9.71. The second-order valence-electron chi connectivity index (χ2n) is 8.59. The molecule has 3 aliphatic rings. The fourth-order valence-electron chi connectivity index (χ4n) is 5.68. The van der Waals surface area contributed by atoms with Gasteiger partial charge in [-0.25, -0.2) is 0 Å². The molecule has 4 atom stereocenters. The summed E-state index contributed by atoms with van der Waals surface area (Å²) in [5.74, 6) is 1.44. The van der Waals surface area contributed by atoms with E-state index in [-0.39, 0.29) is 5.91 Å². The first-order valence-electron chi connectivity index (χ1n) is 10.8. The molecule has 0 aromatic carbocycles. The molecule has 3 aliphatic heterocycles. The van der Waals surface area contributed by atoms with E-state index in [1.165, 1.54) is 56.4 Å². The Morgan fingerprint density at radius 1 is 1.29 bits per heavy atom. The highest BCUT2D eigenvalue weighted by Gasteiger charge is 2.46. The van der Waals surface area contributed by atoms with Crippen molar-refractivity contribution in [3.8, 4) is 0 Å². The molecule has 0 saturated carbocycles. The van der Waals surface area contributed by atoms with E-state index in [9.17, 15) is 4.79 Å². The second-order valence-corrected chi connectivity index (χ2v) is 9.65. The number of nitrogens with zero attached hydrogens (tertiary/aromatic N) is 4. The van der Waals surface area contributed by atoms with Crippen molar-refractivity contribution in [1.82, 2.24) is 20.0 Å². The van der Waals surface area contributed by atoms with Crippen LogP contribution in [-0.2, 0) is 16.1 Å². The summed E-state index contributed by atoms with van der Waals surface area (Å²) in [4.78, 5) is 17.8. The van der Waals surface area contributed by atoms with Crippen molar-refractivity contribution in [3.63, 3.8) is 0 Å². The highest BCUT2D eigenvalue weighted by Crippen LogP contribution is 2.42. The van der Waals surface area contributed by atoms with E-state index < -0.39 is 0 Å². The van der Waals surface area contributed by atoms with Gasteiger partial charge in [-0.3, -0.25) is 19.9 Å². The van der Waals surface area contributed by atoms with Crippen LogP contribution >= 0.6 is 11.3 Å². The fourth-order valence-corrected chi connectivity index (χ4v) is 6.40. The molecule has 1 aromatic rings. The van der Waals surface area contributed by atoms with Crippen molar-refractivity contribution in [3.05, 3.63) is 5.01 Å². The number of likely N-dealkylation sites (tertiary alicyclic amines) is 1. The number of hydrogen-bond donors (Lipinski definition) is 1. The minimum absolute atomic E-state index is 0.0210. The highest BCUT2D eigenvalue weighted by atomic mass is 32.1.